The van der Waals surface area contributed by atoms with Crippen molar-refractivity contribution in [3.8, 4) is 11.5 Å². The van der Waals surface area contributed by atoms with Crippen LogP contribution in [0.25, 0.3) is 22.4 Å². The smallest absolute Gasteiger partial charge is 0.253 e. The lowest BCUT2D eigenvalue weighted by Gasteiger charge is -2.31. The first-order chi connectivity index (χ1) is 14.6. The summed E-state index contributed by atoms with van der Waals surface area (Å²) < 4.78 is 32.2. The summed E-state index contributed by atoms with van der Waals surface area (Å²) in [4.78, 5) is 22.2. The van der Waals surface area contributed by atoms with Crippen molar-refractivity contribution in [1.29, 1.82) is 0 Å². The maximum atomic E-state index is 13.5. The Hall–Kier alpha value is -3.55. The fourth-order valence-corrected chi connectivity index (χ4v) is 3.88. The van der Waals surface area contributed by atoms with Crippen molar-refractivity contribution in [2.75, 3.05) is 13.1 Å². The van der Waals surface area contributed by atoms with E-state index in [4.69, 9.17) is 4.52 Å². The predicted octanol–water partition coefficient (Wildman–Crippen LogP) is 4.52. The van der Waals surface area contributed by atoms with E-state index in [2.05, 4.69) is 15.1 Å². The fraction of sp³-hybridized carbons (Fsp3) is 0.227. The number of aromatic amines is 1. The van der Waals surface area contributed by atoms with Gasteiger partial charge in [0.2, 0.25) is 11.7 Å². The molecule has 1 atom stereocenters. The summed E-state index contributed by atoms with van der Waals surface area (Å²) in [5, 5.41) is 5.15. The molecule has 1 N–H and O–H groups in total. The molecular weight excluding hydrogens is 390 g/mol. The molecule has 1 aliphatic rings. The van der Waals surface area contributed by atoms with Gasteiger partial charge in [0.15, 0.2) is 11.6 Å². The third kappa shape index (κ3) is 3.34. The van der Waals surface area contributed by atoms with Gasteiger partial charge in [-0.3, -0.25) is 4.79 Å². The van der Waals surface area contributed by atoms with Crippen molar-refractivity contribution in [3.05, 3.63) is 71.6 Å². The van der Waals surface area contributed by atoms with E-state index in [1.807, 2.05) is 30.3 Å². The van der Waals surface area contributed by atoms with Crippen molar-refractivity contribution in [2.24, 2.45) is 0 Å². The minimum atomic E-state index is -1.03. The number of halogens is 2. The highest BCUT2D eigenvalue weighted by Crippen LogP contribution is 2.29. The SMILES string of the molecule is O=C(c1ccc(F)c(F)c1)N1CCC[C@H](c2nc(-c3cc4ccccc4[nH]3)no2)C1. The van der Waals surface area contributed by atoms with Crippen LogP contribution in [0.5, 0.6) is 0 Å². The molecule has 0 unspecified atom stereocenters. The van der Waals surface area contributed by atoms with Crippen LogP contribution in [-0.2, 0) is 0 Å². The Kier molecular flexibility index (Phi) is 4.54. The molecule has 4 aromatic rings. The number of H-pyrrole nitrogens is 1. The van der Waals surface area contributed by atoms with Gasteiger partial charge in [-0.25, -0.2) is 8.78 Å². The second-order valence-electron chi connectivity index (χ2n) is 7.45. The Morgan fingerprint density at radius 3 is 2.83 bits per heavy atom. The van der Waals surface area contributed by atoms with E-state index >= 15 is 0 Å². The molecule has 0 spiro atoms. The first-order valence-corrected chi connectivity index (χ1v) is 9.74. The first kappa shape index (κ1) is 18.5. The normalized spacial score (nSPS) is 16.9. The van der Waals surface area contributed by atoms with Crippen LogP contribution in [0.1, 0.15) is 35.0 Å². The summed E-state index contributed by atoms with van der Waals surface area (Å²) >= 11 is 0. The number of likely N-dealkylation sites (tertiary alicyclic amines) is 1. The molecule has 2 aromatic carbocycles. The van der Waals surface area contributed by atoms with E-state index in [1.54, 1.807) is 4.90 Å². The van der Waals surface area contributed by atoms with Crippen LogP contribution < -0.4 is 0 Å². The number of hydrogen-bond donors (Lipinski definition) is 1. The molecule has 1 aliphatic heterocycles. The van der Waals surface area contributed by atoms with Crippen molar-refractivity contribution < 1.29 is 18.1 Å². The van der Waals surface area contributed by atoms with Gasteiger partial charge in [0.05, 0.1) is 11.6 Å². The number of fused-ring (bicyclic) bond motifs is 1. The minimum absolute atomic E-state index is 0.112. The number of nitrogens with zero attached hydrogens (tertiary/aromatic N) is 3. The number of benzene rings is 2. The van der Waals surface area contributed by atoms with Crippen LogP contribution in [0.15, 0.2) is 53.1 Å². The maximum absolute atomic E-state index is 13.5. The van der Waals surface area contributed by atoms with Crippen LogP contribution in [0.4, 0.5) is 8.78 Å². The summed E-state index contributed by atoms with van der Waals surface area (Å²) in [6.07, 6.45) is 1.56. The summed E-state index contributed by atoms with van der Waals surface area (Å²) in [7, 11) is 0. The summed E-state index contributed by atoms with van der Waals surface area (Å²) in [6, 6.07) is 13.0. The lowest BCUT2D eigenvalue weighted by Crippen LogP contribution is -2.39. The number of amides is 1. The third-order valence-corrected chi connectivity index (χ3v) is 5.44. The molecule has 1 saturated heterocycles. The number of piperidine rings is 1. The Morgan fingerprint density at radius 2 is 2.00 bits per heavy atom. The van der Waals surface area contributed by atoms with Gasteiger partial charge >= 0.3 is 0 Å². The maximum Gasteiger partial charge on any atom is 0.253 e. The van der Waals surface area contributed by atoms with E-state index in [1.165, 1.54) is 6.07 Å². The summed E-state index contributed by atoms with van der Waals surface area (Å²) in [5.41, 5.74) is 1.87. The Bertz CT molecular complexity index is 1200. The second-order valence-corrected chi connectivity index (χ2v) is 7.45. The predicted molar refractivity (Wildman–Crippen MR) is 106 cm³/mol. The standard InChI is InChI=1S/C22H18F2N4O2/c23-16-8-7-14(10-17(16)24)22(29)28-9-3-5-15(12-28)21-26-20(27-30-21)19-11-13-4-1-2-6-18(13)25-19/h1-2,4,6-8,10-11,15,25H,3,5,9,12H2/t15-/m0/s1. The number of carbonyl (C=O) groups is 1. The molecule has 0 bridgehead atoms. The number of rotatable bonds is 3. The first-order valence-electron chi connectivity index (χ1n) is 9.74. The molecule has 2 aromatic heterocycles. The zero-order chi connectivity index (χ0) is 20.7. The van der Waals surface area contributed by atoms with Gasteiger partial charge in [-0.1, -0.05) is 23.4 Å². The Morgan fingerprint density at radius 1 is 1.13 bits per heavy atom. The van der Waals surface area contributed by atoms with Crippen molar-refractivity contribution in [2.45, 2.75) is 18.8 Å². The highest BCUT2D eigenvalue weighted by atomic mass is 19.2. The van der Waals surface area contributed by atoms with Crippen LogP contribution in [0.3, 0.4) is 0 Å². The third-order valence-electron chi connectivity index (χ3n) is 5.44. The zero-order valence-electron chi connectivity index (χ0n) is 15.9. The van der Waals surface area contributed by atoms with E-state index in [0.717, 1.165) is 41.6 Å². The average Bonchev–Trinajstić information content (AvgIpc) is 3.42. The molecule has 8 heteroatoms. The molecule has 0 saturated carbocycles. The number of carbonyl (C=O) groups excluding carboxylic acids is 1. The second kappa shape index (κ2) is 7.37. The van der Waals surface area contributed by atoms with E-state index in [9.17, 15) is 13.6 Å². The lowest BCUT2D eigenvalue weighted by atomic mass is 9.97. The average molecular weight is 408 g/mol. The monoisotopic (exact) mass is 408 g/mol. The highest BCUT2D eigenvalue weighted by molar-refractivity contribution is 5.94. The zero-order valence-corrected chi connectivity index (χ0v) is 15.9. The van der Waals surface area contributed by atoms with Gasteiger partial charge in [-0.05, 0) is 43.2 Å². The molecule has 1 fully saturated rings. The molecule has 152 valence electrons. The Labute approximate surface area is 170 Å². The molecule has 0 aliphatic carbocycles. The van der Waals surface area contributed by atoms with Crippen molar-refractivity contribution in [3.63, 3.8) is 0 Å². The topological polar surface area (TPSA) is 75.0 Å². The number of para-hydroxylation sites is 1. The molecule has 0 radical (unpaired) electrons. The molecule has 30 heavy (non-hydrogen) atoms. The quantitative estimate of drug-likeness (QED) is 0.541. The van der Waals surface area contributed by atoms with Crippen LogP contribution in [-0.4, -0.2) is 39.0 Å². The van der Waals surface area contributed by atoms with Gasteiger partial charge < -0.3 is 14.4 Å². The van der Waals surface area contributed by atoms with E-state index in [-0.39, 0.29) is 17.4 Å². The van der Waals surface area contributed by atoms with E-state index in [0.29, 0.717) is 24.8 Å². The minimum Gasteiger partial charge on any atom is -0.352 e. The van der Waals surface area contributed by atoms with Gasteiger partial charge in [-0.15, -0.1) is 0 Å². The number of aromatic nitrogens is 3. The Balaban J connectivity index is 1.35. The number of hydrogen-bond acceptors (Lipinski definition) is 4. The van der Waals surface area contributed by atoms with Gasteiger partial charge in [0.25, 0.3) is 5.91 Å². The molecule has 1 amide bonds. The van der Waals surface area contributed by atoms with Gasteiger partial charge in [0, 0.05) is 29.6 Å². The van der Waals surface area contributed by atoms with Crippen LogP contribution in [0, 0.1) is 11.6 Å². The van der Waals surface area contributed by atoms with Crippen molar-refractivity contribution in [1.82, 2.24) is 20.0 Å². The van der Waals surface area contributed by atoms with Crippen molar-refractivity contribution >= 4 is 16.8 Å². The largest absolute Gasteiger partial charge is 0.352 e. The van der Waals surface area contributed by atoms with Crippen LogP contribution in [0.2, 0.25) is 0 Å². The molecule has 3 heterocycles. The summed E-state index contributed by atoms with van der Waals surface area (Å²) in [5.74, 6) is -1.53. The number of nitrogens with one attached hydrogen (secondary N) is 1. The molecule has 6 nitrogen and oxygen atoms in total. The van der Waals surface area contributed by atoms with Gasteiger partial charge in [0.1, 0.15) is 0 Å². The van der Waals surface area contributed by atoms with E-state index < -0.39 is 11.6 Å². The van der Waals surface area contributed by atoms with Crippen LogP contribution >= 0.6 is 0 Å². The molecule has 5 rings (SSSR count). The van der Waals surface area contributed by atoms with Gasteiger partial charge in [-0.2, -0.15) is 4.98 Å². The fourth-order valence-electron chi connectivity index (χ4n) is 3.88. The summed E-state index contributed by atoms with van der Waals surface area (Å²) in [6.45, 7) is 0.920. The molecular formula is C22H18F2N4O2. The lowest BCUT2D eigenvalue weighted by molar-refractivity contribution is 0.0695. The highest BCUT2D eigenvalue weighted by Gasteiger charge is 2.29.